The third-order valence-electron chi connectivity index (χ3n) is 3.87. The lowest BCUT2D eigenvalue weighted by Gasteiger charge is -2.35. The predicted molar refractivity (Wildman–Crippen MR) is 113 cm³/mol. The summed E-state index contributed by atoms with van der Waals surface area (Å²) in [5.41, 5.74) is 7.02. The number of nitrogens with zero attached hydrogens (tertiary/aromatic N) is 5. The average molecular weight is 493 g/mol. The number of nitrogens with two attached hydrogens (primary N) is 1. The number of aromatic nitrogens is 2. The molecule has 0 atom stereocenters. The molecule has 1 fully saturated rings. The first-order chi connectivity index (χ1) is 11.6. The monoisotopic (exact) mass is 492 g/mol. The molecule has 0 aliphatic carbocycles. The van der Waals surface area contributed by atoms with Crippen molar-refractivity contribution in [3.8, 4) is 0 Å². The van der Waals surface area contributed by atoms with E-state index in [-0.39, 0.29) is 24.0 Å². The maximum atomic E-state index is 6.16. The molecule has 0 saturated carbocycles. The molecular weight excluding hydrogens is 474 g/mol. The van der Waals surface area contributed by atoms with Gasteiger partial charge in [-0.25, -0.2) is 15.0 Å². The van der Waals surface area contributed by atoms with Crippen LogP contribution in [0.3, 0.4) is 0 Å². The van der Waals surface area contributed by atoms with E-state index in [9.17, 15) is 0 Å². The zero-order valence-electron chi connectivity index (χ0n) is 13.5. The largest absolute Gasteiger partial charge is 0.370 e. The molecule has 1 aromatic carbocycles. The zero-order chi connectivity index (χ0) is 16.9. The lowest BCUT2D eigenvalue weighted by Crippen LogP contribution is -2.51. The van der Waals surface area contributed by atoms with Gasteiger partial charge in [0, 0.05) is 48.6 Å². The number of guanidine groups is 1. The van der Waals surface area contributed by atoms with Gasteiger partial charge in [0.15, 0.2) is 5.96 Å². The predicted octanol–water partition coefficient (Wildman–Crippen LogP) is 3.04. The first-order valence-electron chi connectivity index (χ1n) is 7.64. The SMILES string of the molecule is I.NC(=NCc1ccc(Cl)cc1Cl)N1CCN(c2ncccn2)CC1. The number of hydrogen-bond donors (Lipinski definition) is 1. The van der Waals surface area contributed by atoms with Gasteiger partial charge >= 0.3 is 0 Å². The van der Waals surface area contributed by atoms with Gasteiger partial charge in [-0.3, -0.25) is 0 Å². The Morgan fingerprint density at radius 2 is 1.80 bits per heavy atom. The van der Waals surface area contributed by atoms with Crippen LogP contribution >= 0.6 is 47.2 Å². The lowest BCUT2D eigenvalue weighted by atomic mass is 10.2. The zero-order valence-corrected chi connectivity index (χ0v) is 17.3. The molecule has 1 aliphatic rings. The van der Waals surface area contributed by atoms with Crippen molar-refractivity contribution < 1.29 is 0 Å². The minimum atomic E-state index is 0. The van der Waals surface area contributed by atoms with Crippen LogP contribution in [0.5, 0.6) is 0 Å². The Labute approximate surface area is 174 Å². The summed E-state index contributed by atoms with van der Waals surface area (Å²) < 4.78 is 0. The molecule has 1 aliphatic heterocycles. The van der Waals surface area contributed by atoms with Gasteiger partial charge in [0.05, 0.1) is 6.54 Å². The van der Waals surface area contributed by atoms with E-state index in [1.807, 2.05) is 12.1 Å². The molecule has 1 saturated heterocycles. The second-order valence-corrected chi connectivity index (χ2v) is 6.28. The van der Waals surface area contributed by atoms with Crippen molar-refractivity contribution in [1.29, 1.82) is 0 Å². The maximum Gasteiger partial charge on any atom is 0.225 e. The van der Waals surface area contributed by atoms with Crippen LogP contribution in [0, 0.1) is 0 Å². The van der Waals surface area contributed by atoms with E-state index >= 15 is 0 Å². The third-order valence-corrected chi connectivity index (χ3v) is 4.45. The third kappa shape index (κ3) is 5.32. The molecule has 2 aromatic rings. The Morgan fingerprint density at radius 1 is 1.12 bits per heavy atom. The van der Waals surface area contributed by atoms with Gasteiger partial charge in [-0.05, 0) is 23.8 Å². The van der Waals surface area contributed by atoms with Crippen molar-refractivity contribution >= 4 is 59.1 Å². The number of hydrogen-bond acceptors (Lipinski definition) is 4. The summed E-state index contributed by atoms with van der Waals surface area (Å²) in [5, 5.41) is 1.21. The van der Waals surface area contributed by atoms with Crippen LogP contribution in [0.2, 0.25) is 10.0 Å². The molecule has 134 valence electrons. The Kier molecular flexibility index (Phi) is 7.52. The second kappa shape index (κ2) is 9.40. The normalized spacial score (nSPS) is 15.0. The first-order valence-corrected chi connectivity index (χ1v) is 8.40. The molecule has 0 bridgehead atoms. The molecule has 6 nitrogen and oxygen atoms in total. The van der Waals surface area contributed by atoms with Crippen LogP contribution in [-0.4, -0.2) is 47.0 Å². The molecule has 0 amide bonds. The number of aliphatic imine (C=N–C) groups is 1. The van der Waals surface area contributed by atoms with Gasteiger partial charge < -0.3 is 15.5 Å². The first kappa shape index (κ1) is 20.0. The Morgan fingerprint density at radius 3 is 2.44 bits per heavy atom. The molecular formula is C16H19Cl2IN6. The van der Waals surface area contributed by atoms with Gasteiger partial charge in [-0.2, -0.15) is 0 Å². The summed E-state index contributed by atoms with van der Waals surface area (Å²) in [6.45, 7) is 3.61. The van der Waals surface area contributed by atoms with E-state index < -0.39 is 0 Å². The number of benzene rings is 1. The fourth-order valence-corrected chi connectivity index (χ4v) is 2.97. The summed E-state index contributed by atoms with van der Waals surface area (Å²) in [7, 11) is 0. The Balaban J connectivity index is 0.00000225. The van der Waals surface area contributed by atoms with Gasteiger partial charge in [0.1, 0.15) is 0 Å². The van der Waals surface area contributed by atoms with Crippen LogP contribution < -0.4 is 10.6 Å². The summed E-state index contributed by atoms with van der Waals surface area (Å²) >= 11 is 12.1. The standard InChI is InChI=1S/C16H18Cl2N6.HI/c17-13-3-2-12(14(18)10-13)11-22-15(19)23-6-8-24(9-7-23)16-20-4-1-5-21-16;/h1-5,10H,6-9,11H2,(H2,19,22);1H. The van der Waals surface area contributed by atoms with Crippen LogP contribution in [0.15, 0.2) is 41.7 Å². The van der Waals surface area contributed by atoms with E-state index in [0.717, 1.165) is 37.7 Å². The number of rotatable bonds is 3. The highest BCUT2D eigenvalue weighted by Crippen LogP contribution is 2.21. The van der Waals surface area contributed by atoms with E-state index in [1.54, 1.807) is 24.5 Å². The van der Waals surface area contributed by atoms with Crippen molar-refractivity contribution in [3.05, 3.63) is 52.3 Å². The molecule has 0 spiro atoms. The lowest BCUT2D eigenvalue weighted by molar-refractivity contribution is 0.378. The van der Waals surface area contributed by atoms with Gasteiger partial charge in [-0.15, -0.1) is 24.0 Å². The van der Waals surface area contributed by atoms with E-state index in [0.29, 0.717) is 22.5 Å². The second-order valence-electron chi connectivity index (χ2n) is 5.43. The fourth-order valence-electron chi connectivity index (χ4n) is 2.51. The minimum Gasteiger partial charge on any atom is -0.370 e. The summed E-state index contributed by atoms with van der Waals surface area (Å²) in [4.78, 5) is 17.2. The minimum absolute atomic E-state index is 0. The summed E-state index contributed by atoms with van der Waals surface area (Å²) in [5.74, 6) is 1.27. The Bertz CT molecular complexity index is 720. The molecule has 0 radical (unpaired) electrons. The topological polar surface area (TPSA) is 70.6 Å². The number of halogens is 3. The molecule has 25 heavy (non-hydrogen) atoms. The highest BCUT2D eigenvalue weighted by molar-refractivity contribution is 14.0. The van der Waals surface area contributed by atoms with Gasteiger partial charge in [0.25, 0.3) is 0 Å². The highest BCUT2D eigenvalue weighted by Gasteiger charge is 2.19. The molecule has 2 N–H and O–H groups in total. The van der Waals surface area contributed by atoms with Crippen LogP contribution in [0.4, 0.5) is 5.95 Å². The molecule has 0 unspecified atom stereocenters. The average Bonchev–Trinajstić information content (AvgIpc) is 2.62. The van der Waals surface area contributed by atoms with E-state index in [1.165, 1.54) is 0 Å². The number of anilines is 1. The van der Waals surface area contributed by atoms with Crippen molar-refractivity contribution in [2.75, 3.05) is 31.1 Å². The van der Waals surface area contributed by atoms with Crippen molar-refractivity contribution in [2.45, 2.75) is 6.54 Å². The number of piperazine rings is 1. The summed E-state index contributed by atoms with van der Waals surface area (Å²) in [6, 6.07) is 7.19. The molecule has 1 aromatic heterocycles. The van der Waals surface area contributed by atoms with Crippen LogP contribution in [-0.2, 0) is 6.54 Å². The molecule has 2 heterocycles. The Hall–Kier alpha value is -1.32. The quantitative estimate of drug-likeness (QED) is 0.405. The smallest absolute Gasteiger partial charge is 0.225 e. The van der Waals surface area contributed by atoms with Gasteiger partial charge in [0.2, 0.25) is 5.95 Å². The maximum absolute atomic E-state index is 6.16. The van der Waals surface area contributed by atoms with E-state index in [4.69, 9.17) is 28.9 Å². The van der Waals surface area contributed by atoms with Crippen LogP contribution in [0.25, 0.3) is 0 Å². The highest BCUT2D eigenvalue weighted by atomic mass is 127. The van der Waals surface area contributed by atoms with Crippen molar-refractivity contribution in [2.24, 2.45) is 10.7 Å². The summed E-state index contributed by atoms with van der Waals surface area (Å²) in [6.07, 6.45) is 3.50. The van der Waals surface area contributed by atoms with E-state index in [2.05, 4.69) is 24.8 Å². The van der Waals surface area contributed by atoms with Gasteiger partial charge in [-0.1, -0.05) is 29.3 Å². The molecule has 9 heteroatoms. The van der Waals surface area contributed by atoms with Crippen molar-refractivity contribution in [1.82, 2.24) is 14.9 Å². The molecule has 3 rings (SSSR count). The van der Waals surface area contributed by atoms with Crippen molar-refractivity contribution in [3.63, 3.8) is 0 Å². The van der Waals surface area contributed by atoms with Crippen LogP contribution in [0.1, 0.15) is 5.56 Å². The fraction of sp³-hybridized carbons (Fsp3) is 0.312.